The van der Waals surface area contributed by atoms with E-state index >= 15 is 0 Å². The van der Waals surface area contributed by atoms with Gasteiger partial charge in [-0.3, -0.25) is 9.69 Å². The average molecular weight is 493 g/mol. The molecule has 1 atom stereocenters. The summed E-state index contributed by atoms with van der Waals surface area (Å²) in [6, 6.07) is 14.2. The maximum Gasteiger partial charge on any atom is 0.282 e. The molecule has 2 aromatic heterocycles. The van der Waals surface area contributed by atoms with Crippen LogP contribution in [0.1, 0.15) is 50.6 Å². The van der Waals surface area contributed by atoms with Crippen molar-refractivity contribution in [3.05, 3.63) is 81.4 Å². The van der Waals surface area contributed by atoms with Gasteiger partial charge in [0.15, 0.2) is 0 Å². The fraction of sp³-hybridized carbons (Fsp3) is 0.320. The molecule has 10 heteroatoms. The first-order valence-electron chi connectivity index (χ1n) is 11.5. The molecule has 1 aliphatic heterocycles. The van der Waals surface area contributed by atoms with E-state index in [1.807, 2.05) is 31.2 Å². The Morgan fingerprint density at radius 1 is 1.23 bits per heavy atom. The van der Waals surface area contributed by atoms with Gasteiger partial charge in [-0.15, -0.1) is 10.2 Å². The van der Waals surface area contributed by atoms with Crippen LogP contribution in [0.15, 0.2) is 53.1 Å². The summed E-state index contributed by atoms with van der Waals surface area (Å²) in [6.07, 6.45) is 1.91. The van der Waals surface area contributed by atoms with Gasteiger partial charge in [0.05, 0.1) is 12.5 Å². The second kappa shape index (κ2) is 10.4. The zero-order chi connectivity index (χ0) is 24.2. The van der Waals surface area contributed by atoms with Crippen molar-refractivity contribution in [2.45, 2.75) is 38.8 Å². The van der Waals surface area contributed by atoms with Crippen LogP contribution in [-0.2, 0) is 13.1 Å². The van der Waals surface area contributed by atoms with Crippen molar-refractivity contribution < 1.29 is 13.7 Å². The van der Waals surface area contributed by atoms with Gasteiger partial charge >= 0.3 is 0 Å². The molecule has 35 heavy (non-hydrogen) atoms. The van der Waals surface area contributed by atoms with Gasteiger partial charge in [0, 0.05) is 18.7 Å². The first-order chi connectivity index (χ1) is 17.0. The Kier molecular flexibility index (Phi) is 6.91. The summed E-state index contributed by atoms with van der Waals surface area (Å²) in [5.41, 5.74) is 2.81. The number of nitrogens with zero attached hydrogens (tertiary/aromatic N) is 5. The molecule has 0 saturated carbocycles. The third-order valence-corrected chi connectivity index (χ3v) is 6.88. The van der Waals surface area contributed by atoms with Crippen LogP contribution in [0.5, 0.6) is 0 Å². The number of aryl methyl sites for hydroxylation is 1. The monoisotopic (exact) mass is 492 g/mol. The van der Waals surface area contributed by atoms with Crippen LogP contribution < -0.4 is 5.32 Å². The fourth-order valence-corrected chi connectivity index (χ4v) is 4.91. The number of hydrogen-bond acceptors (Lipinski definition) is 8. The normalized spacial score (nSPS) is 16.3. The first-order valence-corrected chi connectivity index (χ1v) is 12.3. The smallest absolute Gasteiger partial charge is 0.282 e. The Bertz CT molecular complexity index is 1310. The van der Waals surface area contributed by atoms with Gasteiger partial charge in [-0.2, -0.15) is 4.98 Å². The molecule has 180 valence electrons. The maximum absolute atomic E-state index is 13.5. The van der Waals surface area contributed by atoms with E-state index in [4.69, 9.17) is 4.52 Å². The average Bonchev–Trinajstić information content (AvgIpc) is 3.54. The standard InChI is InChI=1S/C25H25FN6O2S/c1-16-7-9-17(10-8-16)13-27-23(33)25-30-29-21(35-25)15-32-11-3-5-19(14-32)24-28-22(31-34-24)18-4-2-6-20(26)12-18/h2,4,6-10,12,19H,3,5,11,13-15H2,1H3,(H,27,33). The number of amides is 1. The van der Waals surface area contributed by atoms with E-state index in [2.05, 4.69) is 30.6 Å². The quantitative estimate of drug-likeness (QED) is 0.410. The third-order valence-electron chi connectivity index (χ3n) is 5.97. The summed E-state index contributed by atoms with van der Waals surface area (Å²) < 4.78 is 19.0. The number of nitrogens with one attached hydrogen (secondary N) is 1. The number of likely N-dealkylation sites (tertiary alicyclic amines) is 1. The SMILES string of the molecule is Cc1ccc(CNC(=O)c2nnc(CN3CCCC(c4nc(-c5cccc(F)c5)no4)C3)s2)cc1. The minimum atomic E-state index is -0.335. The number of carbonyl (C=O) groups is 1. The van der Waals surface area contributed by atoms with Crippen molar-refractivity contribution in [3.8, 4) is 11.4 Å². The molecule has 1 amide bonds. The van der Waals surface area contributed by atoms with E-state index in [-0.39, 0.29) is 17.6 Å². The molecule has 1 N–H and O–H groups in total. The summed E-state index contributed by atoms with van der Waals surface area (Å²) in [5, 5.41) is 16.4. The lowest BCUT2D eigenvalue weighted by molar-refractivity contribution is 0.0950. The van der Waals surface area contributed by atoms with Gasteiger partial charge in [-0.1, -0.05) is 58.5 Å². The molecule has 4 aromatic rings. The van der Waals surface area contributed by atoms with E-state index in [1.165, 1.54) is 29.0 Å². The van der Waals surface area contributed by atoms with E-state index in [0.717, 1.165) is 36.5 Å². The van der Waals surface area contributed by atoms with Crippen molar-refractivity contribution >= 4 is 17.2 Å². The molecule has 0 radical (unpaired) electrons. The van der Waals surface area contributed by atoms with Crippen molar-refractivity contribution in [3.63, 3.8) is 0 Å². The van der Waals surface area contributed by atoms with Crippen molar-refractivity contribution in [2.75, 3.05) is 13.1 Å². The molecule has 0 spiro atoms. The van der Waals surface area contributed by atoms with Crippen molar-refractivity contribution in [1.29, 1.82) is 0 Å². The number of aromatic nitrogens is 4. The molecule has 1 fully saturated rings. The van der Waals surface area contributed by atoms with Crippen LogP contribution >= 0.6 is 11.3 Å². The molecule has 0 aliphatic carbocycles. The minimum Gasteiger partial charge on any atom is -0.346 e. The fourth-order valence-electron chi connectivity index (χ4n) is 4.11. The lowest BCUT2D eigenvalue weighted by Crippen LogP contribution is -2.34. The Morgan fingerprint density at radius 2 is 2.09 bits per heavy atom. The summed E-state index contributed by atoms with van der Waals surface area (Å²) in [7, 11) is 0. The predicted molar refractivity (Wildman–Crippen MR) is 129 cm³/mol. The van der Waals surface area contributed by atoms with Gasteiger partial charge < -0.3 is 9.84 Å². The van der Waals surface area contributed by atoms with Crippen LogP contribution in [0.3, 0.4) is 0 Å². The topological polar surface area (TPSA) is 97.0 Å². The number of rotatable bonds is 7. The van der Waals surface area contributed by atoms with E-state index in [9.17, 15) is 9.18 Å². The van der Waals surface area contributed by atoms with Crippen LogP contribution in [-0.4, -0.2) is 44.2 Å². The van der Waals surface area contributed by atoms with E-state index < -0.39 is 0 Å². The molecule has 2 aromatic carbocycles. The summed E-state index contributed by atoms with van der Waals surface area (Å²) in [6.45, 7) is 4.73. The zero-order valence-electron chi connectivity index (χ0n) is 19.3. The number of piperidine rings is 1. The molecular weight excluding hydrogens is 467 g/mol. The lowest BCUT2D eigenvalue weighted by Gasteiger charge is -2.29. The highest BCUT2D eigenvalue weighted by molar-refractivity contribution is 7.13. The van der Waals surface area contributed by atoms with Crippen molar-refractivity contribution in [1.82, 2.24) is 30.6 Å². The van der Waals surface area contributed by atoms with Crippen LogP contribution in [0, 0.1) is 12.7 Å². The second-order valence-corrected chi connectivity index (χ2v) is 9.77. The minimum absolute atomic E-state index is 0.0868. The predicted octanol–water partition coefficient (Wildman–Crippen LogP) is 4.35. The number of halogens is 1. The number of carbonyl (C=O) groups excluding carboxylic acids is 1. The molecule has 1 aliphatic rings. The van der Waals surface area contributed by atoms with Gasteiger partial charge in [0.25, 0.3) is 5.91 Å². The molecule has 8 nitrogen and oxygen atoms in total. The molecular formula is C25H25FN6O2S. The van der Waals surface area contributed by atoms with E-state index in [0.29, 0.717) is 35.4 Å². The highest BCUT2D eigenvalue weighted by Gasteiger charge is 2.27. The second-order valence-electron chi connectivity index (χ2n) is 8.71. The molecule has 1 unspecified atom stereocenters. The Morgan fingerprint density at radius 3 is 2.91 bits per heavy atom. The Hall–Kier alpha value is -3.50. The highest BCUT2D eigenvalue weighted by Crippen LogP contribution is 2.29. The summed E-state index contributed by atoms with van der Waals surface area (Å²) >= 11 is 1.31. The molecule has 5 rings (SSSR count). The highest BCUT2D eigenvalue weighted by atomic mass is 32.1. The van der Waals surface area contributed by atoms with Gasteiger partial charge in [-0.25, -0.2) is 4.39 Å². The van der Waals surface area contributed by atoms with Crippen LogP contribution in [0.4, 0.5) is 4.39 Å². The van der Waals surface area contributed by atoms with Crippen LogP contribution in [0.25, 0.3) is 11.4 Å². The van der Waals surface area contributed by atoms with Crippen LogP contribution in [0.2, 0.25) is 0 Å². The summed E-state index contributed by atoms with van der Waals surface area (Å²) in [4.78, 5) is 19.3. The molecule has 3 heterocycles. The van der Waals surface area contributed by atoms with Gasteiger partial charge in [0.1, 0.15) is 10.8 Å². The number of benzene rings is 2. The zero-order valence-corrected chi connectivity index (χ0v) is 20.1. The first kappa shape index (κ1) is 23.3. The summed E-state index contributed by atoms with van der Waals surface area (Å²) in [5.74, 6) is 0.479. The van der Waals surface area contributed by atoms with Crippen molar-refractivity contribution in [2.24, 2.45) is 0 Å². The molecule has 0 bridgehead atoms. The Labute approximate surface area is 206 Å². The molecule has 1 saturated heterocycles. The van der Waals surface area contributed by atoms with Gasteiger partial charge in [-0.05, 0) is 44.0 Å². The number of hydrogen-bond donors (Lipinski definition) is 1. The lowest BCUT2D eigenvalue weighted by atomic mass is 9.98. The van der Waals surface area contributed by atoms with Gasteiger partial charge in [0.2, 0.25) is 16.7 Å². The van der Waals surface area contributed by atoms with E-state index in [1.54, 1.807) is 12.1 Å². The maximum atomic E-state index is 13.5. The third kappa shape index (κ3) is 5.77. The largest absolute Gasteiger partial charge is 0.346 e. The Balaban J connectivity index is 1.17.